The quantitative estimate of drug-likeness (QED) is 0.892. The lowest BCUT2D eigenvalue weighted by Crippen LogP contribution is -2.57. The van der Waals surface area contributed by atoms with Crippen LogP contribution in [-0.4, -0.2) is 51.8 Å². The molecule has 0 bridgehead atoms. The number of aliphatic hydroxyl groups excluding tert-OH is 1. The molecule has 2 heterocycles. The van der Waals surface area contributed by atoms with Crippen molar-refractivity contribution in [1.82, 2.24) is 20.2 Å². The molecular formula is C16H22N4O. The highest BCUT2D eigenvalue weighted by Crippen LogP contribution is 2.26. The molecule has 1 saturated heterocycles. The Morgan fingerprint density at radius 2 is 2.10 bits per heavy atom. The second-order valence-corrected chi connectivity index (χ2v) is 5.82. The van der Waals surface area contributed by atoms with Gasteiger partial charge >= 0.3 is 0 Å². The van der Waals surface area contributed by atoms with Crippen LogP contribution in [0.4, 0.5) is 0 Å². The van der Waals surface area contributed by atoms with Crippen molar-refractivity contribution >= 4 is 11.0 Å². The molecule has 5 nitrogen and oxygen atoms in total. The van der Waals surface area contributed by atoms with E-state index in [0.717, 1.165) is 24.1 Å². The summed E-state index contributed by atoms with van der Waals surface area (Å²) in [5.41, 5.74) is 3.06. The smallest absolute Gasteiger partial charge is 0.0890 e. The summed E-state index contributed by atoms with van der Waals surface area (Å²) in [6.45, 7) is 6.31. The van der Waals surface area contributed by atoms with Gasteiger partial charge in [0.25, 0.3) is 0 Å². The summed E-state index contributed by atoms with van der Waals surface area (Å²) in [4.78, 5) is 11.1. The number of nitrogens with one attached hydrogen (secondary N) is 1. The second-order valence-electron chi connectivity index (χ2n) is 5.82. The highest BCUT2D eigenvalue weighted by Gasteiger charge is 2.29. The SMILES string of the molecule is CC(c1ccc2nccnc2c1)N1C[C@H](C)NC[C@H]1CO. The van der Waals surface area contributed by atoms with Crippen molar-refractivity contribution in [3.8, 4) is 0 Å². The molecule has 1 aliphatic heterocycles. The molecule has 21 heavy (non-hydrogen) atoms. The normalized spacial score (nSPS) is 25.1. The molecule has 3 rings (SSSR count). The Balaban J connectivity index is 1.89. The number of aromatic nitrogens is 2. The number of rotatable bonds is 3. The summed E-state index contributed by atoms with van der Waals surface area (Å²) < 4.78 is 0. The van der Waals surface area contributed by atoms with Crippen LogP contribution < -0.4 is 5.32 Å². The minimum Gasteiger partial charge on any atom is -0.395 e. The van der Waals surface area contributed by atoms with Crippen LogP contribution in [0.3, 0.4) is 0 Å². The van der Waals surface area contributed by atoms with E-state index in [2.05, 4.69) is 46.2 Å². The molecule has 1 aromatic heterocycles. The van der Waals surface area contributed by atoms with E-state index >= 15 is 0 Å². The molecule has 0 saturated carbocycles. The Kier molecular flexibility index (Phi) is 4.14. The molecule has 1 aliphatic rings. The highest BCUT2D eigenvalue weighted by molar-refractivity contribution is 5.74. The number of piperazine rings is 1. The third kappa shape index (κ3) is 2.90. The van der Waals surface area contributed by atoms with Crippen LogP contribution in [0.1, 0.15) is 25.5 Å². The second kappa shape index (κ2) is 6.05. The molecule has 0 spiro atoms. The van der Waals surface area contributed by atoms with E-state index in [9.17, 15) is 5.11 Å². The van der Waals surface area contributed by atoms with Gasteiger partial charge in [-0.25, -0.2) is 0 Å². The Morgan fingerprint density at radius 1 is 1.33 bits per heavy atom. The molecule has 1 fully saturated rings. The number of hydrogen-bond donors (Lipinski definition) is 2. The van der Waals surface area contributed by atoms with Crippen LogP contribution in [0, 0.1) is 0 Å². The summed E-state index contributed by atoms with van der Waals surface area (Å²) >= 11 is 0. The average molecular weight is 286 g/mol. The van der Waals surface area contributed by atoms with Crippen LogP contribution in [0.2, 0.25) is 0 Å². The first-order valence-electron chi connectivity index (χ1n) is 7.49. The Bertz CT molecular complexity index is 618. The van der Waals surface area contributed by atoms with E-state index in [1.54, 1.807) is 12.4 Å². The van der Waals surface area contributed by atoms with Gasteiger partial charge in [-0.3, -0.25) is 14.9 Å². The maximum atomic E-state index is 9.61. The van der Waals surface area contributed by atoms with E-state index in [1.165, 1.54) is 5.56 Å². The lowest BCUT2D eigenvalue weighted by atomic mass is 10.0. The number of fused-ring (bicyclic) bond motifs is 1. The van der Waals surface area contributed by atoms with Crippen LogP contribution in [0.5, 0.6) is 0 Å². The summed E-state index contributed by atoms with van der Waals surface area (Å²) in [5.74, 6) is 0. The van der Waals surface area contributed by atoms with Gasteiger partial charge in [0.2, 0.25) is 0 Å². The summed E-state index contributed by atoms with van der Waals surface area (Å²) in [5, 5.41) is 13.0. The Morgan fingerprint density at radius 3 is 2.86 bits per heavy atom. The van der Waals surface area contributed by atoms with Crippen molar-refractivity contribution in [2.75, 3.05) is 19.7 Å². The minimum atomic E-state index is 0.161. The van der Waals surface area contributed by atoms with Crippen molar-refractivity contribution in [2.45, 2.75) is 32.0 Å². The predicted octanol–water partition coefficient (Wildman–Crippen LogP) is 1.35. The Hall–Kier alpha value is -1.56. The summed E-state index contributed by atoms with van der Waals surface area (Å²) in [7, 11) is 0. The van der Waals surface area contributed by atoms with Crippen LogP contribution in [-0.2, 0) is 0 Å². The van der Waals surface area contributed by atoms with E-state index in [0.29, 0.717) is 6.04 Å². The van der Waals surface area contributed by atoms with Crippen molar-refractivity contribution in [2.24, 2.45) is 0 Å². The number of hydrogen-bond acceptors (Lipinski definition) is 5. The lowest BCUT2D eigenvalue weighted by molar-refractivity contribution is 0.0533. The van der Waals surface area contributed by atoms with Gasteiger partial charge < -0.3 is 10.4 Å². The maximum Gasteiger partial charge on any atom is 0.0890 e. The summed E-state index contributed by atoms with van der Waals surface area (Å²) in [6.07, 6.45) is 3.44. The number of benzene rings is 1. The largest absolute Gasteiger partial charge is 0.395 e. The van der Waals surface area contributed by atoms with E-state index < -0.39 is 0 Å². The zero-order valence-electron chi connectivity index (χ0n) is 12.5. The molecule has 5 heteroatoms. The first-order chi connectivity index (χ1) is 10.2. The molecule has 112 valence electrons. The fourth-order valence-corrected chi connectivity index (χ4v) is 3.06. The van der Waals surface area contributed by atoms with Gasteiger partial charge in [-0.05, 0) is 31.5 Å². The zero-order chi connectivity index (χ0) is 14.8. The van der Waals surface area contributed by atoms with Gasteiger partial charge in [-0.15, -0.1) is 0 Å². The van der Waals surface area contributed by atoms with Crippen molar-refractivity contribution in [3.05, 3.63) is 36.2 Å². The molecule has 2 N–H and O–H groups in total. The van der Waals surface area contributed by atoms with Crippen LogP contribution >= 0.6 is 0 Å². The molecular weight excluding hydrogens is 264 g/mol. The third-order valence-corrected chi connectivity index (χ3v) is 4.34. The number of nitrogens with zero attached hydrogens (tertiary/aromatic N) is 3. The van der Waals surface area contributed by atoms with Crippen molar-refractivity contribution in [3.63, 3.8) is 0 Å². The zero-order valence-corrected chi connectivity index (χ0v) is 12.5. The third-order valence-electron chi connectivity index (χ3n) is 4.34. The molecule has 3 atom stereocenters. The molecule has 1 aromatic carbocycles. The molecule has 1 unspecified atom stereocenters. The van der Waals surface area contributed by atoms with Gasteiger partial charge in [0.1, 0.15) is 0 Å². The first-order valence-corrected chi connectivity index (χ1v) is 7.49. The molecule has 0 aliphatic carbocycles. The maximum absolute atomic E-state index is 9.61. The monoisotopic (exact) mass is 286 g/mol. The predicted molar refractivity (Wildman–Crippen MR) is 83.0 cm³/mol. The van der Waals surface area contributed by atoms with Crippen molar-refractivity contribution in [1.29, 1.82) is 0 Å². The first kappa shape index (κ1) is 14.4. The molecule has 0 radical (unpaired) electrons. The lowest BCUT2D eigenvalue weighted by Gasteiger charge is -2.42. The molecule has 0 amide bonds. The highest BCUT2D eigenvalue weighted by atomic mass is 16.3. The van der Waals surface area contributed by atoms with E-state index in [1.807, 2.05) is 6.07 Å². The van der Waals surface area contributed by atoms with Gasteiger partial charge in [-0.2, -0.15) is 0 Å². The van der Waals surface area contributed by atoms with E-state index in [4.69, 9.17) is 0 Å². The van der Waals surface area contributed by atoms with Crippen LogP contribution in [0.15, 0.2) is 30.6 Å². The molecule has 2 aromatic rings. The fourth-order valence-electron chi connectivity index (χ4n) is 3.06. The van der Waals surface area contributed by atoms with Gasteiger partial charge in [0.15, 0.2) is 0 Å². The van der Waals surface area contributed by atoms with Gasteiger partial charge in [-0.1, -0.05) is 6.07 Å². The fraction of sp³-hybridized carbons (Fsp3) is 0.500. The van der Waals surface area contributed by atoms with Crippen LogP contribution in [0.25, 0.3) is 11.0 Å². The average Bonchev–Trinajstić information content (AvgIpc) is 2.53. The topological polar surface area (TPSA) is 61.3 Å². The Labute approximate surface area is 125 Å². The van der Waals surface area contributed by atoms with Gasteiger partial charge in [0, 0.05) is 43.6 Å². The van der Waals surface area contributed by atoms with Gasteiger partial charge in [0.05, 0.1) is 17.6 Å². The minimum absolute atomic E-state index is 0.161. The number of aliphatic hydroxyl groups is 1. The van der Waals surface area contributed by atoms with E-state index in [-0.39, 0.29) is 18.7 Å². The van der Waals surface area contributed by atoms with Crippen molar-refractivity contribution < 1.29 is 5.11 Å². The standard InChI is InChI=1S/C16H22N4O/c1-11-9-20(14(10-21)8-19-11)12(2)13-3-4-15-16(7-13)18-6-5-17-15/h3-7,11-12,14,19,21H,8-10H2,1-2H3/t11-,12?,14-/m0/s1. The summed E-state index contributed by atoms with van der Waals surface area (Å²) in [6, 6.07) is 7.09.